The predicted molar refractivity (Wildman–Crippen MR) is 156 cm³/mol. The van der Waals surface area contributed by atoms with Crippen molar-refractivity contribution in [3.63, 3.8) is 0 Å². The Morgan fingerprint density at radius 2 is 1.63 bits per heavy atom. The van der Waals surface area contributed by atoms with Crippen molar-refractivity contribution in [2.45, 2.75) is 31.8 Å². The van der Waals surface area contributed by atoms with E-state index in [1.54, 1.807) is 44.6 Å². The standard InChI is InChI=1S/C34H30N2O5/c1-4-24(21-11-8-12-22(17-21)39-2)34-35-30-26(15-16-28(40-3)31(30)36-34)29-32(37)25-14-13-23(18-27(25)33(29)38)41-19-20-9-6-5-7-10-20/h5-18,24,29H,4,19H2,1-3H3,(H,35,36). The molecule has 1 aromatic heterocycles. The number of methoxy groups -OCH3 is 2. The van der Waals surface area contributed by atoms with Gasteiger partial charge in [0.1, 0.15) is 41.1 Å². The summed E-state index contributed by atoms with van der Waals surface area (Å²) in [6, 6.07) is 26.4. The lowest BCUT2D eigenvalue weighted by Crippen LogP contribution is -2.13. The van der Waals surface area contributed by atoms with Gasteiger partial charge in [0.2, 0.25) is 0 Å². The maximum absolute atomic E-state index is 13.8. The molecule has 0 spiro atoms. The number of carbonyl (C=O) groups excluding carboxylic acids is 2. The van der Waals surface area contributed by atoms with Crippen LogP contribution in [0.5, 0.6) is 17.2 Å². The molecule has 2 atom stereocenters. The van der Waals surface area contributed by atoms with Crippen LogP contribution in [0.4, 0.5) is 0 Å². The number of fused-ring (bicyclic) bond motifs is 2. The molecule has 0 amide bonds. The van der Waals surface area contributed by atoms with Crippen LogP contribution in [-0.4, -0.2) is 35.8 Å². The minimum atomic E-state index is -0.979. The number of ether oxygens (including phenoxy) is 3. The van der Waals surface area contributed by atoms with Gasteiger partial charge in [-0.3, -0.25) is 9.59 Å². The molecule has 206 valence electrons. The maximum atomic E-state index is 13.8. The zero-order valence-electron chi connectivity index (χ0n) is 23.1. The third kappa shape index (κ3) is 4.73. The Kier molecular flexibility index (Phi) is 7.01. The summed E-state index contributed by atoms with van der Waals surface area (Å²) < 4.78 is 17.0. The first kappa shape index (κ1) is 26.3. The maximum Gasteiger partial charge on any atom is 0.179 e. The summed E-state index contributed by atoms with van der Waals surface area (Å²) in [5.41, 5.74) is 4.64. The van der Waals surface area contributed by atoms with Crippen molar-refractivity contribution in [1.82, 2.24) is 9.97 Å². The first-order valence-electron chi connectivity index (χ1n) is 13.6. The molecular weight excluding hydrogens is 516 g/mol. The van der Waals surface area contributed by atoms with Gasteiger partial charge in [-0.2, -0.15) is 0 Å². The topological polar surface area (TPSA) is 90.5 Å². The highest BCUT2D eigenvalue weighted by molar-refractivity contribution is 6.30. The van der Waals surface area contributed by atoms with Crippen molar-refractivity contribution < 1.29 is 23.8 Å². The third-order valence-corrected chi connectivity index (χ3v) is 7.72. The highest BCUT2D eigenvalue weighted by atomic mass is 16.5. The smallest absolute Gasteiger partial charge is 0.179 e. The number of nitrogens with one attached hydrogen (secondary N) is 1. The van der Waals surface area contributed by atoms with Crippen LogP contribution in [0.1, 0.15) is 68.4 Å². The van der Waals surface area contributed by atoms with Crippen LogP contribution < -0.4 is 14.2 Å². The number of hydrogen-bond donors (Lipinski definition) is 1. The van der Waals surface area contributed by atoms with Gasteiger partial charge in [0.05, 0.1) is 19.7 Å². The summed E-state index contributed by atoms with van der Waals surface area (Å²) in [6.07, 6.45) is 0.781. The Labute approximate surface area is 238 Å². The molecule has 4 aromatic carbocycles. The van der Waals surface area contributed by atoms with Crippen LogP contribution in [0.15, 0.2) is 84.9 Å². The lowest BCUT2D eigenvalue weighted by molar-refractivity contribution is 0.0890. The molecule has 0 saturated heterocycles. The molecular formula is C34H30N2O5. The van der Waals surface area contributed by atoms with Gasteiger partial charge in [0.25, 0.3) is 0 Å². The summed E-state index contributed by atoms with van der Waals surface area (Å²) in [5.74, 6) is 1.09. The zero-order chi connectivity index (χ0) is 28.5. The van der Waals surface area contributed by atoms with Gasteiger partial charge in [-0.05, 0) is 59.5 Å². The van der Waals surface area contributed by atoms with E-state index in [0.717, 1.165) is 29.1 Å². The third-order valence-electron chi connectivity index (χ3n) is 7.72. The van der Waals surface area contributed by atoms with Gasteiger partial charge < -0.3 is 19.2 Å². The molecule has 1 aliphatic carbocycles. The Balaban J connectivity index is 1.36. The second-order valence-electron chi connectivity index (χ2n) is 10.1. The van der Waals surface area contributed by atoms with E-state index in [9.17, 15) is 9.59 Å². The average molecular weight is 547 g/mol. The quantitative estimate of drug-likeness (QED) is 0.203. The summed E-state index contributed by atoms with van der Waals surface area (Å²) in [7, 11) is 3.23. The van der Waals surface area contributed by atoms with Crippen molar-refractivity contribution in [2.24, 2.45) is 0 Å². The number of nitrogens with zero attached hydrogens (tertiary/aromatic N) is 1. The van der Waals surface area contributed by atoms with E-state index in [1.165, 1.54) is 0 Å². The fraction of sp³-hybridized carbons (Fsp3) is 0.206. The Bertz CT molecular complexity index is 1760. The number of aromatic nitrogens is 2. The molecule has 1 N–H and O–H groups in total. The Hall–Kier alpha value is -4.91. The van der Waals surface area contributed by atoms with Crippen molar-refractivity contribution in [3.8, 4) is 17.2 Å². The summed E-state index contributed by atoms with van der Waals surface area (Å²) in [5, 5.41) is 0. The van der Waals surface area contributed by atoms with Gasteiger partial charge in [-0.1, -0.05) is 55.5 Å². The number of ketones is 2. The second-order valence-corrected chi connectivity index (χ2v) is 10.1. The first-order valence-corrected chi connectivity index (χ1v) is 13.6. The number of Topliss-reactive ketones (excluding diaryl/α,β-unsaturated/α-hetero) is 2. The number of carbonyl (C=O) groups is 2. The van der Waals surface area contributed by atoms with Gasteiger partial charge in [-0.15, -0.1) is 0 Å². The molecule has 1 heterocycles. The van der Waals surface area contributed by atoms with Gasteiger partial charge in [0.15, 0.2) is 11.6 Å². The minimum Gasteiger partial charge on any atom is -0.497 e. The molecule has 7 nitrogen and oxygen atoms in total. The largest absolute Gasteiger partial charge is 0.497 e. The van der Waals surface area contributed by atoms with Gasteiger partial charge >= 0.3 is 0 Å². The molecule has 1 aliphatic rings. The van der Waals surface area contributed by atoms with Gasteiger partial charge in [0, 0.05) is 17.0 Å². The molecule has 0 fully saturated rings. The number of hydrogen-bond acceptors (Lipinski definition) is 6. The lowest BCUT2D eigenvalue weighted by Gasteiger charge is -2.14. The average Bonchev–Trinajstić information content (AvgIpc) is 3.55. The SMILES string of the molecule is CCC(c1cccc(OC)c1)c1nc2c(OC)ccc(C3C(=O)c4ccc(OCc5ccccc5)cc4C3=O)c2[nH]1. The Morgan fingerprint density at radius 1 is 0.829 bits per heavy atom. The van der Waals surface area contributed by atoms with Crippen molar-refractivity contribution in [2.75, 3.05) is 14.2 Å². The fourth-order valence-corrected chi connectivity index (χ4v) is 5.61. The van der Waals surface area contributed by atoms with E-state index >= 15 is 0 Å². The minimum absolute atomic E-state index is 0.0495. The number of imidazole rings is 1. The summed E-state index contributed by atoms with van der Waals surface area (Å²) >= 11 is 0. The van der Waals surface area contributed by atoms with Crippen LogP contribution in [0.3, 0.4) is 0 Å². The molecule has 6 rings (SSSR count). The number of aromatic amines is 1. The van der Waals surface area contributed by atoms with Crippen molar-refractivity contribution in [3.05, 3.63) is 119 Å². The normalized spacial score (nSPS) is 15.1. The van der Waals surface area contributed by atoms with E-state index < -0.39 is 5.92 Å². The van der Waals surface area contributed by atoms with E-state index in [-0.39, 0.29) is 17.5 Å². The molecule has 7 heteroatoms. The van der Waals surface area contributed by atoms with E-state index in [0.29, 0.717) is 45.8 Å². The van der Waals surface area contributed by atoms with Crippen LogP contribution in [0, 0.1) is 0 Å². The predicted octanol–water partition coefficient (Wildman–Crippen LogP) is 6.86. The fourth-order valence-electron chi connectivity index (χ4n) is 5.61. The van der Waals surface area contributed by atoms with E-state index in [4.69, 9.17) is 19.2 Å². The highest BCUT2D eigenvalue weighted by Gasteiger charge is 2.41. The molecule has 0 radical (unpaired) electrons. The highest BCUT2D eigenvalue weighted by Crippen LogP contribution is 2.41. The van der Waals surface area contributed by atoms with Gasteiger partial charge in [-0.25, -0.2) is 4.98 Å². The van der Waals surface area contributed by atoms with Crippen LogP contribution in [0.25, 0.3) is 11.0 Å². The van der Waals surface area contributed by atoms with Crippen LogP contribution >= 0.6 is 0 Å². The molecule has 5 aromatic rings. The zero-order valence-corrected chi connectivity index (χ0v) is 23.1. The van der Waals surface area contributed by atoms with Crippen molar-refractivity contribution >= 4 is 22.6 Å². The molecule has 0 bridgehead atoms. The van der Waals surface area contributed by atoms with Crippen LogP contribution in [0.2, 0.25) is 0 Å². The monoisotopic (exact) mass is 546 g/mol. The second kappa shape index (κ2) is 10.9. The number of H-pyrrole nitrogens is 1. The van der Waals surface area contributed by atoms with Crippen molar-refractivity contribution in [1.29, 1.82) is 0 Å². The van der Waals surface area contributed by atoms with Crippen LogP contribution in [-0.2, 0) is 6.61 Å². The molecule has 0 aliphatic heterocycles. The molecule has 0 saturated carbocycles. The number of rotatable bonds is 9. The summed E-state index contributed by atoms with van der Waals surface area (Å²) in [6.45, 7) is 2.46. The lowest BCUT2D eigenvalue weighted by atomic mass is 9.93. The molecule has 41 heavy (non-hydrogen) atoms. The first-order chi connectivity index (χ1) is 20.0. The Morgan fingerprint density at radius 3 is 2.39 bits per heavy atom. The van der Waals surface area contributed by atoms with E-state index in [1.807, 2.05) is 54.6 Å². The molecule has 2 unspecified atom stereocenters. The number of benzene rings is 4. The van der Waals surface area contributed by atoms with E-state index in [2.05, 4.69) is 11.9 Å². The summed E-state index contributed by atoms with van der Waals surface area (Å²) in [4.78, 5) is 35.8.